The maximum Gasteiger partial charge on any atom is 0.310 e. The number of nitrogens with one attached hydrogen (secondary N) is 1. The van der Waals surface area contributed by atoms with Crippen molar-refractivity contribution in [2.75, 3.05) is 7.11 Å². The molecule has 0 radical (unpaired) electrons. The molecule has 1 amide bonds. The average molecular weight is 282 g/mol. The molecule has 7 nitrogen and oxygen atoms in total. The number of amides is 1. The lowest BCUT2D eigenvalue weighted by Gasteiger charge is -2.15. The van der Waals surface area contributed by atoms with E-state index in [9.17, 15) is 20.0 Å². The summed E-state index contributed by atoms with van der Waals surface area (Å²) in [6, 6.07) is 3.71. The Labute approximate surface area is 116 Å². The molecule has 110 valence electrons. The molecule has 2 unspecified atom stereocenters. The number of nitrogens with zero attached hydrogens (tertiary/aromatic N) is 1. The van der Waals surface area contributed by atoms with Gasteiger partial charge in [0.2, 0.25) is 0 Å². The monoisotopic (exact) mass is 282 g/mol. The van der Waals surface area contributed by atoms with Crippen molar-refractivity contribution in [3.05, 3.63) is 33.9 Å². The van der Waals surface area contributed by atoms with E-state index in [4.69, 9.17) is 4.74 Å². The Balaban J connectivity index is 2.86. The molecule has 20 heavy (non-hydrogen) atoms. The van der Waals surface area contributed by atoms with Crippen LogP contribution in [0.15, 0.2) is 18.2 Å². The molecule has 2 atom stereocenters. The number of rotatable bonds is 6. The molecular formula is C13H18N2O5. The third kappa shape index (κ3) is 4.20. The number of aliphatic hydroxyl groups is 1. The van der Waals surface area contributed by atoms with Crippen molar-refractivity contribution in [1.29, 1.82) is 0 Å². The topological polar surface area (TPSA) is 102 Å². The first-order valence-electron chi connectivity index (χ1n) is 6.16. The number of methoxy groups -OCH3 is 1. The fourth-order valence-corrected chi connectivity index (χ4v) is 1.85. The molecule has 1 aromatic rings. The second-order valence-corrected chi connectivity index (χ2v) is 4.60. The van der Waals surface area contributed by atoms with Crippen LogP contribution in [0.25, 0.3) is 0 Å². The molecule has 0 aliphatic carbocycles. The van der Waals surface area contributed by atoms with Gasteiger partial charge in [0.25, 0.3) is 5.91 Å². The fraction of sp³-hybridized carbons (Fsp3) is 0.462. The second kappa shape index (κ2) is 6.85. The van der Waals surface area contributed by atoms with Crippen molar-refractivity contribution in [2.24, 2.45) is 0 Å². The van der Waals surface area contributed by atoms with Gasteiger partial charge < -0.3 is 15.2 Å². The van der Waals surface area contributed by atoms with Crippen LogP contribution >= 0.6 is 0 Å². The largest absolute Gasteiger partial charge is 0.490 e. The quantitative estimate of drug-likeness (QED) is 0.608. The smallest absolute Gasteiger partial charge is 0.310 e. The van der Waals surface area contributed by atoms with E-state index in [1.54, 1.807) is 13.8 Å². The van der Waals surface area contributed by atoms with E-state index in [-0.39, 0.29) is 28.9 Å². The zero-order valence-electron chi connectivity index (χ0n) is 11.6. The number of benzene rings is 1. The van der Waals surface area contributed by atoms with Gasteiger partial charge in [0.15, 0.2) is 5.75 Å². The van der Waals surface area contributed by atoms with Crippen molar-refractivity contribution in [3.63, 3.8) is 0 Å². The van der Waals surface area contributed by atoms with E-state index in [0.29, 0.717) is 6.42 Å². The van der Waals surface area contributed by atoms with Crippen LogP contribution < -0.4 is 10.1 Å². The van der Waals surface area contributed by atoms with Crippen molar-refractivity contribution in [3.8, 4) is 5.75 Å². The van der Waals surface area contributed by atoms with Crippen LogP contribution in [-0.2, 0) is 0 Å². The lowest BCUT2D eigenvalue weighted by molar-refractivity contribution is -0.385. The lowest BCUT2D eigenvalue weighted by atomic mass is 10.1. The van der Waals surface area contributed by atoms with Gasteiger partial charge in [-0.2, -0.15) is 0 Å². The highest BCUT2D eigenvalue weighted by atomic mass is 16.6. The maximum absolute atomic E-state index is 12.0. The van der Waals surface area contributed by atoms with Gasteiger partial charge in [0, 0.05) is 23.7 Å². The first-order chi connectivity index (χ1) is 9.35. The van der Waals surface area contributed by atoms with E-state index < -0.39 is 11.0 Å². The maximum atomic E-state index is 12.0. The third-order valence-corrected chi connectivity index (χ3v) is 2.71. The van der Waals surface area contributed by atoms with Crippen molar-refractivity contribution in [1.82, 2.24) is 5.32 Å². The normalized spacial score (nSPS) is 13.4. The Bertz CT molecular complexity index is 502. The van der Waals surface area contributed by atoms with Crippen molar-refractivity contribution < 1.29 is 19.6 Å². The Morgan fingerprint density at radius 2 is 2.15 bits per heavy atom. The molecule has 0 aliphatic heterocycles. The van der Waals surface area contributed by atoms with Crippen LogP contribution in [0.4, 0.5) is 5.69 Å². The number of carbonyl (C=O) groups excluding carboxylic acids is 1. The molecule has 0 fully saturated rings. The molecule has 0 saturated heterocycles. The predicted molar refractivity (Wildman–Crippen MR) is 72.9 cm³/mol. The Morgan fingerprint density at radius 1 is 1.50 bits per heavy atom. The minimum Gasteiger partial charge on any atom is -0.490 e. The molecular weight excluding hydrogens is 264 g/mol. The van der Waals surface area contributed by atoms with Gasteiger partial charge >= 0.3 is 5.69 Å². The van der Waals surface area contributed by atoms with E-state index >= 15 is 0 Å². The number of hydrogen-bond acceptors (Lipinski definition) is 5. The highest BCUT2D eigenvalue weighted by Crippen LogP contribution is 2.27. The number of nitro benzene ring substituents is 1. The Kier molecular flexibility index (Phi) is 5.45. The molecule has 0 heterocycles. The molecule has 0 bridgehead atoms. The first kappa shape index (κ1) is 15.9. The second-order valence-electron chi connectivity index (χ2n) is 4.60. The number of hydrogen-bond donors (Lipinski definition) is 2. The summed E-state index contributed by atoms with van der Waals surface area (Å²) in [4.78, 5) is 22.2. The summed E-state index contributed by atoms with van der Waals surface area (Å²) in [5.41, 5.74) is 0.0750. The summed E-state index contributed by atoms with van der Waals surface area (Å²) in [6.45, 7) is 3.41. The highest BCUT2D eigenvalue weighted by Gasteiger charge is 2.18. The summed E-state index contributed by atoms with van der Waals surface area (Å²) in [6.07, 6.45) is -0.0905. The zero-order valence-corrected chi connectivity index (χ0v) is 11.6. The van der Waals surface area contributed by atoms with E-state index in [1.165, 1.54) is 25.3 Å². The van der Waals surface area contributed by atoms with Gasteiger partial charge in [-0.1, -0.05) is 0 Å². The molecule has 1 aromatic carbocycles. The van der Waals surface area contributed by atoms with Crippen LogP contribution in [0, 0.1) is 10.1 Å². The number of aliphatic hydroxyl groups excluding tert-OH is 1. The lowest BCUT2D eigenvalue weighted by Crippen LogP contribution is -2.34. The van der Waals surface area contributed by atoms with Gasteiger partial charge in [-0.05, 0) is 26.3 Å². The minimum absolute atomic E-state index is 0.0332. The van der Waals surface area contributed by atoms with Gasteiger partial charge in [0.05, 0.1) is 18.1 Å². The molecule has 0 saturated carbocycles. The van der Waals surface area contributed by atoms with Crippen LogP contribution in [0.5, 0.6) is 5.75 Å². The summed E-state index contributed by atoms with van der Waals surface area (Å²) >= 11 is 0. The molecule has 7 heteroatoms. The Morgan fingerprint density at radius 3 is 2.65 bits per heavy atom. The Hall–Kier alpha value is -2.15. The number of nitro groups is 1. The first-order valence-corrected chi connectivity index (χ1v) is 6.16. The molecule has 1 rings (SSSR count). The fourth-order valence-electron chi connectivity index (χ4n) is 1.85. The van der Waals surface area contributed by atoms with E-state index in [1.807, 2.05) is 0 Å². The number of ether oxygens (including phenoxy) is 1. The van der Waals surface area contributed by atoms with Crippen LogP contribution in [-0.4, -0.2) is 35.2 Å². The van der Waals surface area contributed by atoms with Crippen LogP contribution in [0.3, 0.4) is 0 Å². The predicted octanol–water partition coefficient (Wildman–Crippen LogP) is 1.49. The van der Waals surface area contributed by atoms with Crippen molar-refractivity contribution >= 4 is 11.6 Å². The van der Waals surface area contributed by atoms with Gasteiger partial charge in [-0.15, -0.1) is 0 Å². The summed E-state index contributed by atoms with van der Waals surface area (Å²) < 4.78 is 4.91. The SMILES string of the molecule is COc1cc(C(=O)NC(C)CC(C)O)ccc1[N+](=O)[O-]. The molecule has 0 aromatic heterocycles. The average Bonchev–Trinajstić information content (AvgIpc) is 2.36. The zero-order chi connectivity index (χ0) is 15.3. The summed E-state index contributed by atoms with van der Waals surface area (Å²) in [5.74, 6) is -0.336. The number of carbonyl (C=O) groups is 1. The highest BCUT2D eigenvalue weighted by molar-refractivity contribution is 5.95. The van der Waals surface area contributed by atoms with Gasteiger partial charge in [-0.25, -0.2) is 0 Å². The van der Waals surface area contributed by atoms with Gasteiger partial charge in [-0.3, -0.25) is 14.9 Å². The summed E-state index contributed by atoms with van der Waals surface area (Å²) in [7, 11) is 1.31. The van der Waals surface area contributed by atoms with Crippen LogP contribution in [0.2, 0.25) is 0 Å². The van der Waals surface area contributed by atoms with E-state index in [0.717, 1.165) is 0 Å². The molecule has 2 N–H and O–H groups in total. The van der Waals surface area contributed by atoms with Crippen molar-refractivity contribution in [2.45, 2.75) is 32.4 Å². The summed E-state index contributed by atoms with van der Waals surface area (Å²) in [5, 5.41) is 22.7. The van der Waals surface area contributed by atoms with Crippen LogP contribution in [0.1, 0.15) is 30.6 Å². The molecule has 0 spiro atoms. The van der Waals surface area contributed by atoms with E-state index in [2.05, 4.69) is 5.32 Å². The minimum atomic E-state index is -0.573. The standard InChI is InChI=1S/C13H18N2O5/c1-8(6-9(2)16)14-13(17)10-4-5-11(15(18)19)12(7-10)20-3/h4-5,7-9,16H,6H2,1-3H3,(H,14,17). The molecule has 0 aliphatic rings. The van der Waals surface area contributed by atoms with Gasteiger partial charge in [0.1, 0.15) is 0 Å². The third-order valence-electron chi connectivity index (χ3n) is 2.71.